The van der Waals surface area contributed by atoms with Crippen LogP contribution >= 0.6 is 15.9 Å². The van der Waals surface area contributed by atoms with Gasteiger partial charge in [0, 0.05) is 22.9 Å². The lowest BCUT2D eigenvalue weighted by Crippen LogP contribution is -2.13. The van der Waals surface area contributed by atoms with Crippen LogP contribution in [0.2, 0.25) is 0 Å². The van der Waals surface area contributed by atoms with E-state index in [4.69, 9.17) is 0 Å². The predicted molar refractivity (Wildman–Crippen MR) is 69.1 cm³/mol. The van der Waals surface area contributed by atoms with Gasteiger partial charge in [0.05, 0.1) is 5.69 Å². The first kappa shape index (κ1) is 13.9. The quantitative estimate of drug-likeness (QED) is 0.927. The molecule has 2 aromatic rings. The molecule has 0 saturated carbocycles. The summed E-state index contributed by atoms with van der Waals surface area (Å²) in [6.45, 7) is 0. The van der Waals surface area contributed by atoms with Crippen molar-refractivity contribution in [1.29, 1.82) is 0 Å². The zero-order valence-electron chi connectivity index (χ0n) is 9.27. The van der Waals surface area contributed by atoms with Crippen LogP contribution in [0.4, 0.5) is 14.5 Å². The van der Waals surface area contributed by atoms with E-state index in [-0.39, 0.29) is 10.6 Å². The SMILES string of the molecule is O=S(=O)(Nc1cc(F)cc(F)c1)c1cncc(Br)c1. The summed E-state index contributed by atoms with van der Waals surface area (Å²) in [6, 6.07) is 3.74. The highest BCUT2D eigenvalue weighted by molar-refractivity contribution is 9.10. The molecule has 0 saturated heterocycles. The molecule has 2 rings (SSSR count). The maximum absolute atomic E-state index is 13.0. The number of sulfonamides is 1. The van der Waals surface area contributed by atoms with Crippen LogP contribution in [0.25, 0.3) is 0 Å². The Labute approximate surface area is 116 Å². The number of hydrogen-bond acceptors (Lipinski definition) is 3. The zero-order chi connectivity index (χ0) is 14.0. The van der Waals surface area contributed by atoms with Crippen molar-refractivity contribution in [1.82, 2.24) is 4.98 Å². The minimum absolute atomic E-state index is 0.119. The van der Waals surface area contributed by atoms with Gasteiger partial charge in [-0.1, -0.05) is 0 Å². The number of nitrogens with one attached hydrogen (secondary N) is 1. The topological polar surface area (TPSA) is 59.1 Å². The molecule has 19 heavy (non-hydrogen) atoms. The molecule has 1 heterocycles. The lowest BCUT2D eigenvalue weighted by Gasteiger charge is -2.08. The van der Waals surface area contributed by atoms with Crippen molar-refractivity contribution in [3.8, 4) is 0 Å². The highest BCUT2D eigenvalue weighted by atomic mass is 79.9. The molecule has 8 heteroatoms. The normalized spacial score (nSPS) is 11.3. The second-order valence-corrected chi connectivity index (χ2v) is 6.20. The van der Waals surface area contributed by atoms with E-state index in [0.29, 0.717) is 10.5 Å². The Morgan fingerprint density at radius 1 is 1.05 bits per heavy atom. The van der Waals surface area contributed by atoms with Gasteiger partial charge in [0.1, 0.15) is 16.5 Å². The van der Waals surface area contributed by atoms with E-state index in [1.54, 1.807) is 0 Å². The molecule has 0 atom stereocenters. The van der Waals surface area contributed by atoms with E-state index in [9.17, 15) is 17.2 Å². The molecular formula is C11H7BrF2N2O2S. The van der Waals surface area contributed by atoms with Gasteiger partial charge in [0.15, 0.2) is 0 Å². The van der Waals surface area contributed by atoms with Crippen LogP contribution in [-0.2, 0) is 10.0 Å². The van der Waals surface area contributed by atoms with E-state index in [1.165, 1.54) is 12.3 Å². The van der Waals surface area contributed by atoms with Gasteiger partial charge in [0.25, 0.3) is 10.0 Å². The summed E-state index contributed by atoms with van der Waals surface area (Å²) in [7, 11) is -3.95. The fourth-order valence-electron chi connectivity index (χ4n) is 1.37. The van der Waals surface area contributed by atoms with Crippen LogP contribution < -0.4 is 4.72 Å². The number of benzene rings is 1. The Morgan fingerprint density at radius 3 is 2.26 bits per heavy atom. The summed E-state index contributed by atoms with van der Waals surface area (Å²) in [5.41, 5.74) is -0.197. The number of hydrogen-bond donors (Lipinski definition) is 1. The number of rotatable bonds is 3. The van der Waals surface area contributed by atoms with Gasteiger partial charge in [0.2, 0.25) is 0 Å². The maximum atomic E-state index is 13.0. The highest BCUT2D eigenvalue weighted by Gasteiger charge is 2.15. The Balaban J connectivity index is 2.36. The zero-order valence-corrected chi connectivity index (χ0v) is 11.7. The van der Waals surface area contributed by atoms with Crippen molar-refractivity contribution < 1.29 is 17.2 Å². The van der Waals surface area contributed by atoms with Crippen molar-refractivity contribution in [2.24, 2.45) is 0 Å². The summed E-state index contributed by atoms with van der Waals surface area (Å²) in [4.78, 5) is 3.59. The monoisotopic (exact) mass is 348 g/mol. The summed E-state index contributed by atoms with van der Waals surface area (Å²) >= 11 is 3.09. The van der Waals surface area contributed by atoms with Gasteiger partial charge < -0.3 is 0 Å². The maximum Gasteiger partial charge on any atom is 0.263 e. The predicted octanol–water partition coefficient (Wildman–Crippen LogP) is 2.92. The van der Waals surface area contributed by atoms with Crippen LogP contribution in [0.1, 0.15) is 0 Å². The molecule has 4 nitrogen and oxygen atoms in total. The summed E-state index contributed by atoms with van der Waals surface area (Å²) < 4.78 is 52.4. The third-order valence-corrected chi connectivity index (χ3v) is 3.89. The summed E-state index contributed by atoms with van der Waals surface area (Å²) in [5, 5.41) is 0. The van der Waals surface area contributed by atoms with E-state index in [2.05, 4.69) is 25.6 Å². The number of pyridine rings is 1. The van der Waals surface area contributed by atoms with Crippen molar-refractivity contribution in [2.45, 2.75) is 4.90 Å². The van der Waals surface area contributed by atoms with Gasteiger partial charge in [-0.15, -0.1) is 0 Å². The lowest BCUT2D eigenvalue weighted by atomic mass is 10.3. The van der Waals surface area contributed by atoms with Crippen LogP contribution in [0.5, 0.6) is 0 Å². The molecule has 0 aliphatic rings. The third kappa shape index (κ3) is 3.48. The first-order chi connectivity index (χ1) is 8.87. The Hall–Kier alpha value is -1.54. The van der Waals surface area contributed by atoms with E-state index in [0.717, 1.165) is 18.3 Å². The third-order valence-electron chi connectivity index (χ3n) is 2.10. The minimum atomic E-state index is -3.95. The van der Waals surface area contributed by atoms with Crippen molar-refractivity contribution in [3.63, 3.8) is 0 Å². The first-order valence-electron chi connectivity index (χ1n) is 4.96. The van der Waals surface area contributed by atoms with E-state index < -0.39 is 21.7 Å². The molecule has 1 N–H and O–H groups in total. The molecule has 0 aliphatic carbocycles. The average molecular weight is 349 g/mol. The Morgan fingerprint density at radius 2 is 1.68 bits per heavy atom. The lowest BCUT2D eigenvalue weighted by molar-refractivity contribution is 0.584. The molecule has 1 aromatic heterocycles. The van der Waals surface area contributed by atoms with Crippen LogP contribution in [-0.4, -0.2) is 13.4 Å². The van der Waals surface area contributed by atoms with E-state index in [1.807, 2.05) is 0 Å². The smallest absolute Gasteiger partial charge is 0.263 e. The largest absolute Gasteiger partial charge is 0.279 e. The first-order valence-corrected chi connectivity index (χ1v) is 7.24. The number of nitrogens with zero attached hydrogens (tertiary/aromatic N) is 1. The molecule has 0 unspecified atom stereocenters. The minimum Gasteiger partial charge on any atom is -0.279 e. The Bertz CT molecular complexity index is 702. The van der Waals surface area contributed by atoms with Crippen LogP contribution in [0.3, 0.4) is 0 Å². The number of aromatic nitrogens is 1. The molecule has 0 fully saturated rings. The molecule has 0 aliphatic heterocycles. The van der Waals surface area contributed by atoms with Gasteiger partial charge in [-0.25, -0.2) is 17.2 Å². The number of anilines is 1. The fraction of sp³-hybridized carbons (Fsp3) is 0. The second kappa shape index (κ2) is 5.22. The van der Waals surface area contributed by atoms with Crippen LogP contribution in [0, 0.1) is 11.6 Å². The van der Waals surface area contributed by atoms with Crippen molar-refractivity contribution in [3.05, 3.63) is 52.8 Å². The summed E-state index contributed by atoms with van der Waals surface area (Å²) in [6.07, 6.45) is 2.55. The highest BCUT2D eigenvalue weighted by Crippen LogP contribution is 2.19. The molecule has 0 amide bonds. The second-order valence-electron chi connectivity index (χ2n) is 3.60. The molecule has 1 aromatic carbocycles. The van der Waals surface area contributed by atoms with Gasteiger partial charge in [-0.2, -0.15) is 0 Å². The molecular weight excluding hydrogens is 342 g/mol. The van der Waals surface area contributed by atoms with Crippen LogP contribution in [0.15, 0.2) is 46.0 Å². The number of halogens is 3. The van der Waals surface area contributed by atoms with Gasteiger partial charge in [-0.05, 0) is 34.1 Å². The molecule has 0 radical (unpaired) electrons. The van der Waals surface area contributed by atoms with E-state index >= 15 is 0 Å². The molecule has 0 bridgehead atoms. The fourth-order valence-corrected chi connectivity index (χ4v) is 2.91. The standard InChI is InChI=1S/C11H7BrF2N2O2S/c12-7-1-11(6-15-5-7)19(17,18)16-10-3-8(13)2-9(14)4-10/h1-6,16H. The molecule has 100 valence electrons. The average Bonchev–Trinajstić information content (AvgIpc) is 2.26. The molecule has 0 spiro atoms. The van der Waals surface area contributed by atoms with Gasteiger partial charge >= 0.3 is 0 Å². The Kier molecular flexibility index (Phi) is 3.81. The van der Waals surface area contributed by atoms with Crippen molar-refractivity contribution in [2.75, 3.05) is 4.72 Å². The summed E-state index contributed by atoms with van der Waals surface area (Å²) in [5.74, 6) is -1.74. The van der Waals surface area contributed by atoms with Crippen molar-refractivity contribution >= 4 is 31.6 Å². The van der Waals surface area contributed by atoms with Gasteiger partial charge in [-0.3, -0.25) is 9.71 Å².